The molecular weight excluding hydrogens is 284 g/mol. The summed E-state index contributed by atoms with van der Waals surface area (Å²) >= 11 is 6.10. The third-order valence-electron chi connectivity index (χ3n) is 3.66. The molecule has 1 fully saturated rings. The first-order valence-electron chi connectivity index (χ1n) is 6.89. The molecule has 0 spiro atoms. The van der Waals surface area contributed by atoms with Crippen LogP contribution in [0.1, 0.15) is 31.2 Å². The van der Waals surface area contributed by atoms with Gasteiger partial charge in [-0.15, -0.1) is 11.6 Å². The van der Waals surface area contributed by atoms with Crippen LogP contribution in [0.15, 0.2) is 18.2 Å². The van der Waals surface area contributed by atoms with Gasteiger partial charge in [0.25, 0.3) is 0 Å². The number of alkyl halides is 1. The summed E-state index contributed by atoms with van der Waals surface area (Å²) in [7, 11) is 0. The molecule has 0 bridgehead atoms. The molecule has 5 heteroatoms. The molecule has 1 saturated carbocycles. The Labute approximate surface area is 122 Å². The number of rotatable bonds is 4. The van der Waals surface area contributed by atoms with Gasteiger partial charge >= 0.3 is 0 Å². The SMILES string of the molecule is O=C(Cc1ccc(F)c(F)c1)NCC1CCCC(Cl)C1. The number of benzene rings is 1. The highest BCUT2D eigenvalue weighted by Crippen LogP contribution is 2.27. The Morgan fingerprint density at radius 1 is 1.30 bits per heavy atom. The van der Waals surface area contributed by atoms with Crippen molar-refractivity contribution in [1.82, 2.24) is 5.32 Å². The molecule has 20 heavy (non-hydrogen) atoms. The Hall–Kier alpha value is -1.16. The molecule has 1 N–H and O–H groups in total. The molecule has 2 nitrogen and oxygen atoms in total. The lowest BCUT2D eigenvalue weighted by Gasteiger charge is -2.25. The highest BCUT2D eigenvalue weighted by molar-refractivity contribution is 6.20. The summed E-state index contributed by atoms with van der Waals surface area (Å²) < 4.78 is 25.8. The van der Waals surface area contributed by atoms with E-state index in [1.165, 1.54) is 6.07 Å². The second-order valence-electron chi connectivity index (χ2n) is 5.36. The minimum Gasteiger partial charge on any atom is -0.356 e. The van der Waals surface area contributed by atoms with Gasteiger partial charge in [-0.25, -0.2) is 8.78 Å². The fourth-order valence-electron chi connectivity index (χ4n) is 2.57. The molecule has 1 aromatic carbocycles. The predicted octanol–water partition coefficient (Wildman–Crippen LogP) is 3.42. The van der Waals surface area contributed by atoms with Crippen LogP contribution in [0.5, 0.6) is 0 Å². The van der Waals surface area contributed by atoms with Crippen molar-refractivity contribution in [3.63, 3.8) is 0 Å². The molecule has 0 heterocycles. The second kappa shape index (κ2) is 7.02. The summed E-state index contributed by atoms with van der Waals surface area (Å²) in [6.45, 7) is 0.603. The largest absolute Gasteiger partial charge is 0.356 e. The smallest absolute Gasteiger partial charge is 0.224 e. The van der Waals surface area contributed by atoms with Crippen molar-refractivity contribution in [2.24, 2.45) is 5.92 Å². The molecule has 1 aromatic rings. The summed E-state index contributed by atoms with van der Waals surface area (Å²) in [4.78, 5) is 11.8. The van der Waals surface area contributed by atoms with Crippen molar-refractivity contribution >= 4 is 17.5 Å². The monoisotopic (exact) mass is 301 g/mol. The van der Waals surface area contributed by atoms with E-state index in [1.54, 1.807) is 0 Å². The normalized spacial score (nSPS) is 22.6. The highest BCUT2D eigenvalue weighted by atomic mass is 35.5. The number of amides is 1. The first-order valence-corrected chi connectivity index (χ1v) is 7.33. The minimum atomic E-state index is -0.924. The summed E-state index contributed by atoms with van der Waals surface area (Å²) in [5.74, 6) is -1.58. The standard InChI is InChI=1S/C15H18ClF2NO/c16-12-3-1-2-11(6-12)9-19-15(20)8-10-4-5-13(17)14(18)7-10/h4-5,7,11-12H,1-3,6,8-9H2,(H,19,20). The molecular formula is C15H18ClF2NO. The van der Waals surface area contributed by atoms with E-state index in [4.69, 9.17) is 11.6 Å². The predicted molar refractivity (Wildman–Crippen MR) is 74.7 cm³/mol. The summed E-state index contributed by atoms with van der Waals surface area (Å²) in [6, 6.07) is 3.52. The summed E-state index contributed by atoms with van der Waals surface area (Å²) in [5.41, 5.74) is 0.472. The maximum absolute atomic E-state index is 13.0. The van der Waals surface area contributed by atoms with Crippen LogP contribution in [0, 0.1) is 17.6 Å². The molecule has 2 unspecified atom stereocenters. The van der Waals surface area contributed by atoms with Crippen molar-refractivity contribution in [2.45, 2.75) is 37.5 Å². The van der Waals surface area contributed by atoms with Crippen LogP contribution in [-0.4, -0.2) is 17.8 Å². The zero-order valence-corrected chi connectivity index (χ0v) is 11.9. The van der Waals surface area contributed by atoms with Crippen molar-refractivity contribution in [3.05, 3.63) is 35.4 Å². The van der Waals surface area contributed by atoms with E-state index in [1.807, 2.05) is 0 Å². The van der Waals surface area contributed by atoms with Gasteiger partial charge in [-0.3, -0.25) is 4.79 Å². The van der Waals surface area contributed by atoms with Gasteiger partial charge in [-0.05, 0) is 42.9 Å². The topological polar surface area (TPSA) is 29.1 Å². The van der Waals surface area contributed by atoms with Crippen LogP contribution in [0.25, 0.3) is 0 Å². The molecule has 1 amide bonds. The Kier molecular flexibility index (Phi) is 5.35. The fourth-order valence-corrected chi connectivity index (χ4v) is 2.97. The van der Waals surface area contributed by atoms with Crippen LogP contribution < -0.4 is 5.32 Å². The molecule has 0 radical (unpaired) electrons. The van der Waals surface area contributed by atoms with Crippen LogP contribution in [0.3, 0.4) is 0 Å². The maximum Gasteiger partial charge on any atom is 0.224 e. The van der Waals surface area contributed by atoms with Crippen molar-refractivity contribution in [2.75, 3.05) is 6.54 Å². The second-order valence-corrected chi connectivity index (χ2v) is 5.98. The fraction of sp³-hybridized carbons (Fsp3) is 0.533. The number of hydrogen-bond donors (Lipinski definition) is 1. The minimum absolute atomic E-state index is 0.0637. The molecule has 2 rings (SSSR count). The molecule has 0 saturated heterocycles. The highest BCUT2D eigenvalue weighted by Gasteiger charge is 2.20. The molecule has 2 atom stereocenters. The van der Waals surface area contributed by atoms with Crippen LogP contribution in [0.2, 0.25) is 0 Å². The number of hydrogen-bond acceptors (Lipinski definition) is 1. The number of nitrogens with one attached hydrogen (secondary N) is 1. The van der Waals surface area contributed by atoms with E-state index in [9.17, 15) is 13.6 Å². The Bertz CT molecular complexity index is 481. The molecule has 0 aromatic heterocycles. The van der Waals surface area contributed by atoms with Crippen molar-refractivity contribution in [1.29, 1.82) is 0 Å². The Morgan fingerprint density at radius 2 is 2.10 bits per heavy atom. The first-order chi connectivity index (χ1) is 9.54. The molecule has 110 valence electrons. The first kappa shape index (κ1) is 15.2. The Morgan fingerprint density at radius 3 is 2.80 bits per heavy atom. The van der Waals surface area contributed by atoms with Crippen molar-refractivity contribution in [3.8, 4) is 0 Å². The summed E-state index contributed by atoms with van der Waals surface area (Å²) in [5, 5.41) is 3.05. The third-order valence-corrected chi connectivity index (χ3v) is 4.05. The van der Waals surface area contributed by atoms with Gasteiger partial charge in [0.15, 0.2) is 11.6 Å². The van der Waals surface area contributed by atoms with Crippen molar-refractivity contribution < 1.29 is 13.6 Å². The Balaban J connectivity index is 1.78. The van der Waals surface area contributed by atoms with Gasteiger partial charge in [-0.2, -0.15) is 0 Å². The quantitative estimate of drug-likeness (QED) is 0.848. The van der Waals surface area contributed by atoms with E-state index < -0.39 is 11.6 Å². The lowest BCUT2D eigenvalue weighted by atomic mass is 9.89. The van der Waals surface area contributed by atoms with Gasteiger partial charge in [0.05, 0.1) is 6.42 Å². The van der Waals surface area contributed by atoms with E-state index in [0.29, 0.717) is 18.0 Å². The number of carbonyl (C=O) groups excluding carboxylic acids is 1. The van der Waals surface area contributed by atoms with E-state index in [2.05, 4.69) is 5.32 Å². The molecule has 0 aliphatic heterocycles. The van der Waals surface area contributed by atoms with E-state index in [-0.39, 0.29) is 17.7 Å². The van der Waals surface area contributed by atoms with Gasteiger partial charge in [-0.1, -0.05) is 12.5 Å². The average molecular weight is 302 g/mol. The van der Waals surface area contributed by atoms with E-state index in [0.717, 1.165) is 37.8 Å². The zero-order valence-electron chi connectivity index (χ0n) is 11.2. The van der Waals surface area contributed by atoms with Gasteiger partial charge in [0.2, 0.25) is 5.91 Å². The van der Waals surface area contributed by atoms with Gasteiger partial charge in [0.1, 0.15) is 0 Å². The van der Waals surface area contributed by atoms with E-state index >= 15 is 0 Å². The van der Waals surface area contributed by atoms with Gasteiger partial charge < -0.3 is 5.32 Å². The maximum atomic E-state index is 13.0. The number of carbonyl (C=O) groups is 1. The summed E-state index contributed by atoms with van der Waals surface area (Å²) in [6.07, 6.45) is 4.20. The number of halogens is 3. The molecule has 1 aliphatic rings. The third kappa shape index (κ3) is 4.44. The van der Waals surface area contributed by atoms with Crippen LogP contribution in [-0.2, 0) is 11.2 Å². The molecule has 1 aliphatic carbocycles. The lowest BCUT2D eigenvalue weighted by molar-refractivity contribution is -0.120. The zero-order chi connectivity index (χ0) is 14.5. The van der Waals surface area contributed by atoms with Crippen LogP contribution in [0.4, 0.5) is 8.78 Å². The van der Waals surface area contributed by atoms with Gasteiger partial charge in [0, 0.05) is 11.9 Å². The lowest BCUT2D eigenvalue weighted by Crippen LogP contribution is -2.32. The average Bonchev–Trinajstić information content (AvgIpc) is 2.41. The van der Waals surface area contributed by atoms with Crippen LogP contribution >= 0.6 is 11.6 Å².